The van der Waals surface area contributed by atoms with E-state index in [1.54, 1.807) is 24.6 Å². The summed E-state index contributed by atoms with van der Waals surface area (Å²) < 4.78 is 5.40. The van der Waals surface area contributed by atoms with Crippen molar-refractivity contribution in [1.29, 1.82) is 0 Å². The van der Waals surface area contributed by atoms with Crippen LogP contribution < -0.4 is 4.90 Å². The van der Waals surface area contributed by atoms with Crippen LogP contribution in [0.15, 0.2) is 77.2 Å². The summed E-state index contributed by atoms with van der Waals surface area (Å²) in [5.41, 5.74) is 2.81. The lowest BCUT2D eigenvalue weighted by Crippen LogP contribution is -2.47. The lowest BCUT2D eigenvalue weighted by Gasteiger charge is -2.37. The number of aryl methyl sites for hydroxylation is 1. The molecule has 0 N–H and O–H groups in total. The van der Waals surface area contributed by atoms with E-state index in [1.807, 2.05) is 54.3 Å². The summed E-state index contributed by atoms with van der Waals surface area (Å²) in [5, 5.41) is 0. The van der Waals surface area contributed by atoms with Crippen molar-refractivity contribution < 1.29 is 14.0 Å². The Kier molecular flexibility index (Phi) is 5.23. The molecule has 0 radical (unpaired) electrons. The number of hydrogen-bond donors (Lipinski definition) is 0. The number of carbonyl (C=O) groups excluding carboxylic acids is 2. The number of furan rings is 1. The number of rotatable bonds is 5. The topological polar surface area (TPSA) is 69.9 Å². The quantitative estimate of drug-likeness (QED) is 0.582. The van der Waals surface area contributed by atoms with E-state index in [1.165, 1.54) is 4.90 Å². The van der Waals surface area contributed by atoms with Gasteiger partial charge in [-0.1, -0.05) is 35.9 Å². The van der Waals surface area contributed by atoms with Gasteiger partial charge >= 0.3 is 0 Å². The monoisotopic (exact) mass is 428 g/mol. The van der Waals surface area contributed by atoms with Crippen LogP contribution in [-0.2, 0) is 16.1 Å². The molecule has 0 atom stereocenters. The number of anilines is 1. The van der Waals surface area contributed by atoms with Crippen LogP contribution >= 0.6 is 0 Å². The van der Waals surface area contributed by atoms with Crippen molar-refractivity contribution in [3.8, 4) is 0 Å². The molecule has 0 spiro atoms. The van der Waals surface area contributed by atoms with Crippen LogP contribution in [0, 0.1) is 6.92 Å². The third-order valence-corrected chi connectivity index (χ3v) is 5.95. The second kappa shape index (κ2) is 8.34. The lowest BCUT2D eigenvalue weighted by atomic mass is 10.0. The molecule has 0 saturated carbocycles. The van der Waals surface area contributed by atoms with Crippen LogP contribution in [0.3, 0.4) is 0 Å². The van der Waals surface area contributed by atoms with Crippen molar-refractivity contribution in [2.75, 3.05) is 31.1 Å². The zero-order valence-electron chi connectivity index (χ0n) is 17.9. The van der Waals surface area contributed by atoms with Gasteiger partial charge in [-0.3, -0.25) is 14.5 Å². The third-order valence-electron chi connectivity index (χ3n) is 5.95. The number of pyridine rings is 1. The summed E-state index contributed by atoms with van der Waals surface area (Å²) in [6.45, 7) is 4.84. The smallest absolute Gasteiger partial charge is 0.278 e. The molecule has 0 unspecified atom stereocenters. The number of imide groups is 1. The number of carbonyl (C=O) groups is 2. The fraction of sp³-hybridized carbons (Fsp3) is 0.240. The van der Waals surface area contributed by atoms with Crippen LogP contribution in [0.5, 0.6) is 0 Å². The van der Waals surface area contributed by atoms with Gasteiger partial charge in [0.15, 0.2) is 0 Å². The Balaban J connectivity index is 1.45. The number of aromatic nitrogens is 1. The fourth-order valence-electron chi connectivity index (χ4n) is 4.24. The number of piperazine rings is 1. The lowest BCUT2D eigenvalue weighted by molar-refractivity contribution is -0.138. The van der Waals surface area contributed by atoms with Crippen LogP contribution in [0.1, 0.15) is 16.9 Å². The van der Waals surface area contributed by atoms with Crippen molar-refractivity contribution in [2.45, 2.75) is 13.5 Å². The van der Waals surface area contributed by atoms with E-state index in [4.69, 9.17) is 4.42 Å². The van der Waals surface area contributed by atoms with Gasteiger partial charge in [0.2, 0.25) is 0 Å². The van der Waals surface area contributed by atoms with Crippen LogP contribution in [0.2, 0.25) is 0 Å². The second-order valence-electron chi connectivity index (χ2n) is 8.03. The van der Waals surface area contributed by atoms with E-state index in [0.29, 0.717) is 30.1 Å². The van der Waals surface area contributed by atoms with Gasteiger partial charge in [0.1, 0.15) is 17.3 Å². The fourth-order valence-corrected chi connectivity index (χ4v) is 4.24. The molecule has 0 aliphatic carbocycles. The minimum atomic E-state index is -0.280. The molecule has 1 saturated heterocycles. The van der Waals surface area contributed by atoms with E-state index >= 15 is 0 Å². The normalized spacial score (nSPS) is 17.0. The van der Waals surface area contributed by atoms with Gasteiger partial charge in [0.05, 0.1) is 18.4 Å². The number of amides is 2. The number of nitrogens with zero attached hydrogens (tertiary/aromatic N) is 4. The molecule has 3 aromatic rings. The van der Waals surface area contributed by atoms with E-state index in [-0.39, 0.29) is 18.4 Å². The average molecular weight is 428 g/mol. The minimum Gasteiger partial charge on any atom is -0.467 e. The highest BCUT2D eigenvalue weighted by atomic mass is 16.3. The zero-order valence-corrected chi connectivity index (χ0v) is 17.9. The van der Waals surface area contributed by atoms with E-state index in [9.17, 15) is 9.59 Å². The Morgan fingerprint density at radius 2 is 1.62 bits per heavy atom. The van der Waals surface area contributed by atoms with Crippen molar-refractivity contribution >= 4 is 23.2 Å². The molecule has 5 rings (SSSR count). The molecule has 2 aliphatic heterocycles. The van der Waals surface area contributed by atoms with Gasteiger partial charge in [-0.2, -0.15) is 0 Å². The van der Waals surface area contributed by atoms with E-state index < -0.39 is 0 Å². The average Bonchev–Trinajstić information content (AvgIpc) is 3.43. The third kappa shape index (κ3) is 3.66. The molecule has 4 heterocycles. The molecule has 162 valence electrons. The van der Waals surface area contributed by atoms with Crippen LogP contribution in [0.25, 0.3) is 5.57 Å². The standard InChI is InChI=1S/C25H24N4O3/c1-18-7-9-19(10-8-18)22-23(25(31)29(24(22)30)17-20-5-4-16-32-20)28-14-12-27(13-15-28)21-6-2-3-11-26-21/h2-11,16H,12-15,17H2,1H3. The van der Waals surface area contributed by atoms with Gasteiger partial charge in [0.25, 0.3) is 11.8 Å². The summed E-state index contributed by atoms with van der Waals surface area (Å²) in [6.07, 6.45) is 3.33. The first-order valence-electron chi connectivity index (χ1n) is 10.7. The molecule has 2 aliphatic rings. The maximum absolute atomic E-state index is 13.5. The van der Waals surface area contributed by atoms with E-state index in [2.05, 4.69) is 9.88 Å². The number of hydrogen-bond acceptors (Lipinski definition) is 6. The van der Waals surface area contributed by atoms with Crippen LogP contribution in [0.4, 0.5) is 5.82 Å². The van der Waals surface area contributed by atoms with Gasteiger partial charge in [-0.15, -0.1) is 0 Å². The second-order valence-corrected chi connectivity index (χ2v) is 8.03. The van der Waals surface area contributed by atoms with Crippen molar-refractivity contribution in [2.24, 2.45) is 0 Å². The molecule has 2 aromatic heterocycles. The molecular weight excluding hydrogens is 404 g/mol. The molecule has 2 amide bonds. The van der Waals surface area contributed by atoms with E-state index in [0.717, 1.165) is 30.0 Å². The predicted molar refractivity (Wildman–Crippen MR) is 120 cm³/mol. The van der Waals surface area contributed by atoms with Gasteiger partial charge in [-0.25, -0.2) is 4.98 Å². The Hall–Kier alpha value is -3.87. The summed E-state index contributed by atoms with van der Waals surface area (Å²) in [7, 11) is 0. The Morgan fingerprint density at radius 3 is 2.28 bits per heavy atom. The molecule has 1 fully saturated rings. The predicted octanol–water partition coefficient (Wildman–Crippen LogP) is 3.09. The summed E-state index contributed by atoms with van der Waals surface area (Å²) >= 11 is 0. The van der Waals surface area contributed by atoms with Crippen molar-refractivity contribution in [1.82, 2.24) is 14.8 Å². The maximum Gasteiger partial charge on any atom is 0.278 e. The Morgan fingerprint density at radius 1 is 0.875 bits per heavy atom. The first-order chi connectivity index (χ1) is 15.6. The van der Waals surface area contributed by atoms with Gasteiger partial charge in [0, 0.05) is 32.4 Å². The molecule has 7 nitrogen and oxygen atoms in total. The summed E-state index contributed by atoms with van der Waals surface area (Å²) in [6, 6.07) is 17.1. The SMILES string of the molecule is Cc1ccc(C2=C(N3CCN(c4ccccn4)CC3)C(=O)N(Cc3ccco3)C2=O)cc1. The molecule has 7 heteroatoms. The highest BCUT2D eigenvalue weighted by Gasteiger charge is 2.42. The first-order valence-corrected chi connectivity index (χ1v) is 10.7. The number of benzene rings is 1. The molecular formula is C25H24N4O3. The van der Waals surface area contributed by atoms with Crippen molar-refractivity contribution in [3.63, 3.8) is 0 Å². The minimum absolute atomic E-state index is 0.122. The largest absolute Gasteiger partial charge is 0.467 e. The van der Waals surface area contributed by atoms with Gasteiger partial charge < -0.3 is 14.2 Å². The van der Waals surface area contributed by atoms with Crippen LogP contribution in [-0.4, -0.2) is 52.8 Å². The highest BCUT2D eigenvalue weighted by molar-refractivity contribution is 6.35. The summed E-state index contributed by atoms with van der Waals surface area (Å²) in [5.74, 6) is 0.954. The maximum atomic E-state index is 13.5. The molecule has 1 aromatic carbocycles. The van der Waals surface area contributed by atoms with Gasteiger partial charge in [-0.05, 0) is 36.8 Å². The first kappa shape index (κ1) is 20.1. The van der Waals surface area contributed by atoms with Crippen molar-refractivity contribution in [3.05, 3.63) is 89.6 Å². The molecule has 0 bridgehead atoms. The molecule has 32 heavy (non-hydrogen) atoms. The summed E-state index contributed by atoms with van der Waals surface area (Å²) in [4.78, 5) is 36.9. The Bertz CT molecular complexity index is 1150. The highest BCUT2D eigenvalue weighted by Crippen LogP contribution is 2.33. The Labute approximate surface area is 186 Å². The zero-order chi connectivity index (χ0) is 22.1.